The van der Waals surface area contributed by atoms with Crippen LogP contribution >= 0.6 is 11.3 Å². The molecule has 0 saturated heterocycles. The highest BCUT2D eigenvalue weighted by Crippen LogP contribution is 2.23. The highest BCUT2D eigenvalue weighted by atomic mass is 32.2. The number of carbonyl (C=O) groups excluding carboxylic acids is 1. The third-order valence-electron chi connectivity index (χ3n) is 4.11. The van der Waals surface area contributed by atoms with Crippen molar-refractivity contribution in [1.82, 2.24) is 19.2 Å². The Labute approximate surface area is 145 Å². The van der Waals surface area contributed by atoms with Gasteiger partial charge in [0, 0.05) is 24.2 Å². The van der Waals surface area contributed by atoms with Crippen molar-refractivity contribution in [2.24, 2.45) is 0 Å². The number of carbonyl (C=O) groups is 1. The lowest BCUT2D eigenvalue weighted by Gasteiger charge is -2.32. The standard InChI is InChI=1S/C15H20N4O3S2/c1-2-24(21,22)18-9-12-8-16-11-19(12)14(10-18)15(20)17-6-5-13-4-3-7-23-13/h3-4,7-8,11,14H,2,5-6,9-10H2,1H3,(H,17,20)/t14-/m0/s1. The molecule has 130 valence electrons. The maximum atomic E-state index is 12.6. The Kier molecular flexibility index (Phi) is 5.02. The van der Waals surface area contributed by atoms with Crippen LogP contribution in [0.1, 0.15) is 23.5 Å². The van der Waals surface area contributed by atoms with E-state index in [0.29, 0.717) is 6.54 Å². The van der Waals surface area contributed by atoms with Gasteiger partial charge in [-0.3, -0.25) is 4.79 Å². The number of hydrogen-bond acceptors (Lipinski definition) is 5. The van der Waals surface area contributed by atoms with E-state index in [0.717, 1.165) is 12.1 Å². The van der Waals surface area contributed by atoms with E-state index in [1.54, 1.807) is 35.4 Å². The maximum absolute atomic E-state index is 12.6. The maximum Gasteiger partial charge on any atom is 0.244 e. The molecule has 3 rings (SSSR count). The molecule has 2 aromatic rings. The fraction of sp³-hybridized carbons (Fsp3) is 0.467. The first-order valence-corrected chi connectivity index (χ1v) is 10.3. The molecule has 0 aromatic carbocycles. The number of hydrogen-bond donors (Lipinski definition) is 1. The van der Waals surface area contributed by atoms with Gasteiger partial charge in [-0.25, -0.2) is 13.4 Å². The smallest absolute Gasteiger partial charge is 0.244 e. The molecule has 1 aliphatic rings. The lowest BCUT2D eigenvalue weighted by atomic mass is 10.2. The molecule has 0 bridgehead atoms. The number of aromatic nitrogens is 2. The molecule has 1 amide bonds. The van der Waals surface area contributed by atoms with Crippen molar-refractivity contribution in [3.8, 4) is 0 Å². The van der Waals surface area contributed by atoms with Gasteiger partial charge < -0.3 is 9.88 Å². The van der Waals surface area contributed by atoms with Gasteiger partial charge in [-0.15, -0.1) is 11.3 Å². The van der Waals surface area contributed by atoms with Gasteiger partial charge in [-0.05, 0) is 24.8 Å². The Morgan fingerprint density at radius 2 is 2.33 bits per heavy atom. The molecule has 0 aliphatic carbocycles. The summed E-state index contributed by atoms with van der Waals surface area (Å²) in [6.45, 7) is 2.54. The second-order valence-electron chi connectivity index (χ2n) is 5.62. The third-order valence-corrected chi connectivity index (χ3v) is 6.84. The lowest BCUT2D eigenvalue weighted by Crippen LogP contribution is -2.47. The normalized spacial score (nSPS) is 18.3. The first kappa shape index (κ1) is 17.1. The highest BCUT2D eigenvalue weighted by Gasteiger charge is 2.34. The van der Waals surface area contributed by atoms with E-state index in [2.05, 4.69) is 10.3 Å². The minimum absolute atomic E-state index is 0.0217. The molecule has 0 saturated carbocycles. The highest BCUT2D eigenvalue weighted by molar-refractivity contribution is 7.89. The summed E-state index contributed by atoms with van der Waals surface area (Å²) in [6.07, 6.45) is 3.97. The molecule has 9 heteroatoms. The molecular weight excluding hydrogens is 348 g/mol. The monoisotopic (exact) mass is 368 g/mol. The van der Waals surface area contributed by atoms with Crippen LogP contribution in [0.5, 0.6) is 0 Å². The van der Waals surface area contributed by atoms with Gasteiger partial charge in [0.15, 0.2) is 0 Å². The molecular formula is C15H20N4O3S2. The van der Waals surface area contributed by atoms with Crippen molar-refractivity contribution >= 4 is 27.3 Å². The fourth-order valence-corrected chi connectivity index (χ4v) is 4.52. The lowest BCUT2D eigenvalue weighted by molar-refractivity contribution is -0.125. The minimum atomic E-state index is -3.35. The molecule has 0 spiro atoms. The van der Waals surface area contributed by atoms with Crippen LogP contribution in [0, 0.1) is 0 Å². The van der Waals surface area contributed by atoms with Crippen molar-refractivity contribution in [3.05, 3.63) is 40.6 Å². The summed E-state index contributed by atoms with van der Waals surface area (Å²) in [5.74, 6) is -0.157. The Morgan fingerprint density at radius 3 is 3.04 bits per heavy atom. The number of amides is 1. The van der Waals surface area contributed by atoms with Crippen molar-refractivity contribution < 1.29 is 13.2 Å². The first-order valence-electron chi connectivity index (χ1n) is 7.80. The number of nitrogens with one attached hydrogen (secondary N) is 1. The molecule has 3 heterocycles. The summed E-state index contributed by atoms with van der Waals surface area (Å²) in [5.41, 5.74) is 0.733. The largest absolute Gasteiger partial charge is 0.354 e. The van der Waals surface area contributed by atoms with E-state index in [9.17, 15) is 13.2 Å². The van der Waals surface area contributed by atoms with Gasteiger partial charge in [-0.1, -0.05) is 6.07 Å². The average Bonchev–Trinajstić information content (AvgIpc) is 3.24. The third kappa shape index (κ3) is 3.52. The topological polar surface area (TPSA) is 84.3 Å². The summed E-state index contributed by atoms with van der Waals surface area (Å²) in [6, 6.07) is 3.43. The summed E-state index contributed by atoms with van der Waals surface area (Å²) in [4.78, 5) is 17.8. The molecule has 0 radical (unpaired) electrons. The van der Waals surface area contributed by atoms with Crippen LogP contribution in [0.3, 0.4) is 0 Å². The summed E-state index contributed by atoms with van der Waals surface area (Å²) >= 11 is 1.65. The van der Waals surface area contributed by atoms with E-state index in [1.807, 2.05) is 17.5 Å². The van der Waals surface area contributed by atoms with Crippen LogP contribution in [0.25, 0.3) is 0 Å². The first-order chi connectivity index (χ1) is 11.5. The van der Waals surface area contributed by atoms with Gasteiger partial charge in [0.1, 0.15) is 6.04 Å². The quantitative estimate of drug-likeness (QED) is 0.825. The summed E-state index contributed by atoms with van der Waals surface area (Å²) in [5, 5.41) is 4.91. The number of imidazole rings is 1. The van der Waals surface area contributed by atoms with Crippen molar-refractivity contribution in [3.63, 3.8) is 0 Å². The number of sulfonamides is 1. The van der Waals surface area contributed by atoms with E-state index < -0.39 is 16.1 Å². The molecule has 2 aromatic heterocycles. The van der Waals surface area contributed by atoms with E-state index in [4.69, 9.17) is 0 Å². The zero-order chi connectivity index (χ0) is 17.2. The van der Waals surface area contributed by atoms with Gasteiger partial charge >= 0.3 is 0 Å². The van der Waals surface area contributed by atoms with Crippen LogP contribution in [0.4, 0.5) is 0 Å². The predicted octanol–water partition coefficient (Wildman–Crippen LogP) is 1.01. The van der Waals surface area contributed by atoms with Crippen LogP contribution in [-0.2, 0) is 27.8 Å². The van der Waals surface area contributed by atoms with Crippen LogP contribution in [0.15, 0.2) is 30.0 Å². The molecule has 24 heavy (non-hydrogen) atoms. The van der Waals surface area contributed by atoms with Gasteiger partial charge in [0.05, 0.1) is 24.3 Å². The fourth-order valence-electron chi connectivity index (χ4n) is 2.75. The number of fused-ring (bicyclic) bond motifs is 1. The molecule has 1 N–H and O–H groups in total. The number of thiophene rings is 1. The Hall–Kier alpha value is -1.71. The van der Waals surface area contributed by atoms with Crippen LogP contribution < -0.4 is 5.32 Å². The van der Waals surface area contributed by atoms with Gasteiger partial charge in [0.2, 0.25) is 15.9 Å². The number of nitrogens with zero attached hydrogens (tertiary/aromatic N) is 3. The zero-order valence-electron chi connectivity index (χ0n) is 13.4. The van der Waals surface area contributed by atoms with E-state index >= 15 is 0 Å². The van der Waals surface area contributed by atoms with Gasteiger partial charge in [0.25, 0.3) is 0 Å². The van der Waals surface area contributed by atoms with Crippen molar-refractivity contribution in [2.45, 2.75) is 25.9 Å². The Bertz CT molecular complexity index is 799. The van der Waals surface area contributed by atoms with Crippen molar-refractivity contribution in [1.29, 1.82) is 0 Å². The van der Waals surface area contributed by atoms with Crippen molar-refractivity contribution in [2.75, 3.05) is 18.8 Å². The Balaban J connectivity index is 1.70. The SMILES string of the molecule is CCS(=O)(=O)N1Cc2cncn2[C@H](C(=O)NCCc2cccs2)C1. The average molecular weight is 368 g/mol. The summed E-state index contributed by atoms with van der Waals surface area (Å²) in [7, 11) is -3.35. The molecule has 0 unspecified atom stereocenters. The second kappa shape index (κ2) is 7.04. The summed E-state index contributed by atoms with van der Waals surface area (Å²) < 4.78 is 27.5. The number of rotatable bonds is 6. The second-order valence-corrected chi connectivity index (χ2v) is 8.91. The molecule has 1 atom stereocenters. The zero-order valence-corrected chi connectivity index (χ0v) is 15.0. The van der Waals surface area contributed by atoms with Crippen LogP contribution in [0.2, 0.25) is 0 Å². The minimum Gasteiger partial charge on any atom is -0.354 e. The van der Waals surface area contributed by atoms with Gasteiger partial charge in [-0.2, -0.15) is 4.31 Å². The predicted molar refractivity (Wildman–Crippen MR) is 92.2 cm³/mol. The molecule has 1 aliphatic heterocycles. The van der Waals surface area contributed by atoms with Crippen LogP contribution in [-0.4, -0.2) is 47.0 Å². The molecule has 0 fully saturated rings. The Morgan fingerprint density at radius 1 is 1.50 bits per heavy atom. The van der Waals surface area contributed by atoms with E-state index in [-0.39, 0.29) is 24.7 Å². The van der Waals surface area contributed by atoms with E-state index in [1.165, 1.54) is 9.18 Å². The molecule has 7 nitrogen and oxygen atoms in total.